The molecule has 0 atom stereocenters. The topological polar surface area (TPSA) is 41.8 Å². The van der Waals surface area contributed by atoms with Crippen molar-refractivity contribution in [2.24, 2.45) is 0 Å². The summed E-state index contributed by atoms with van der Waals surface area (Å²) in [5.74, 6) is 0. The van der Waals surface area contributed by atoms with E-state index < -0.39 is 0 Å². The SMILES string of the molecule is Nc1c(-c2ccccc2)c(-c2ccccc2)c(-c2ccccc2)c2c1[nH]c1cccc(-c3ccccc3)c12. The number of anilines is 1. The molecule has 0 saturated carbocycles. The summed E-state index contributed by atoms with van der Waals surface area (Å²) in [5, 5.41) is 2.35. The van der Waals surface area contributed by atoms with Gasteiger partial charge < -0.3 is 10.7 Å². The van der Waals surface area contributed by atoms with Crippen molar-refractivity contribution in [1.29, 1.82) is 0 Å². The fourth-order valence-electron chi connectivity index (χ4n) is 5.76. The van der Waals surface area contributed by atoms with E-state index in [1.54, 1.807) is 0 Å². The molecule has 0 amide bonds. The standard InChI is InChI=1S/C36H26N2/c37-35-32(27-20-11-4-12-21-27)30(25-16-7-2-8-17-25)31(26-18-9-3-10-19-26)34-33-28(24-14-5-1-6-15-24)22-13-23-29(33)38-36(34)35/h1-23,38H,37H2. The molecular weight excluding hydrogens is 460 g/mol. The van der Waals surface area contributed by atoms with Gasteiger partial charge >= 0.3 is 0 Å². The monoisotopic (exact) mass is 486 g/mol. The zero-order valence-corrected chi connectivity index (χ0v) is 20.9. The lowest BCUT2D eigenvalue weighted by Crippen LogP contribution is -1.99. The number of hydrogen-bond acceptors (Lipinski definition) is 1. The highest BCUT2D eigenvalue weighted by Crippen LogP contribution is 2.51. The highest BCUT2D eigenvalue weighted by Gasteiger charge is 2.25. The van der Waals surface area contributed by atoms with E-state index in [-0.39, 0.29) is 0 Å². The Morgan fingerprint density at radius 3 is 1.42 bits per heavy atom. The predicted octanol–water partition coefficient (Wildman–Crippen LogP) is 9.57. The molecule has 1 aromatic heterocycles. The first-order valence-electron chi connectivity index (χ1n) is 12.9. The third-order valence-corrected chi connectivity index (χ3v) is 7.38. The molecule has 0 aliphatic rings. The number of nitrogens with one attached hydrogen (secondary N) is 1. The van der Waals surface area contributed by atoms with Gasteiger partial charge in [0.05, 0.1) is 11.2 Å². The zero-order valence-electron chi connectivity index (χ0n) is 20.9. The molecule has 0 bridgehead atoms. The van der Waals surface area contributed by atoms with Gasteiger partial charge in [-0.1, -0.05) is 133 Å². The van der Waals surface area contributed by atoms with Crippen molar-refractivity contribution in [3.05, 3.63) is 140 Å². The number of benzene rings is 6. The van der Waals surface area contributed by atoms with Crippen LogP contribution in [-0.2, 0) is 0 Å². The van der Waals surface area contributed by atoms with Crippen LogP contribution in [0.5, 0.6) is 0 Å². The summed E-state index contributed by atoms with van der Waals surface area (Å²) in [5.41, 5.74) is 19.2. The van der Waals surface area contributed by atoms with Crippen LogP contribution in [0.3, 0.4) is 0 Å². The lowest BCUT2D eigenvalue weighted by molar-refractivity contribution is 1.53. The highest BCUT2D eigenvalue weighted by molar-refractivity contribution is 6.27. The number of nitrogens with two attached hydrogens (primary N) is 1. The van der Waals surface area contributed by atoms with Gasteiger partial charge in [0.25, 0.3) is 0 Å². The van der Waals surface area contributed by atoms with Gasteiger partial charge in [-0.3, -0.25) is 0 Å². The lowest BCUT2D eigenvalue weighted by atomic mass is 9.83. The molecule has 2 heteroatoms. The number of nitrogen functional groups attached to an aromatic ring is 1. The van der Waals surface area contributed by atoms with Crippen LogP contribution < -0.4 is 5.73 Å². The van der Waals surface area contributed by atoms with Crippen molar-refractivity contribution >= 4 is 27.5 Å². The molecule has 0 aliphatic carbocycles. The van der Waals surface area contributed by atoms with Crippen molar-refractivity contribution in [2.45, 2.75) is 0 Å². The molecule has 2 nitrogen and oxygen atoms in total. The van der Waals surface area contributed by atoms with Gasteiger partial charge in [-0.2, -0.15) is 0 Å². The predicted molar refractivity (Wildman–Crippen MR) is 162 cm³/mol. The van der Waals surface area contributed by atoms with Gasteiger partial charge in [-0.25, -0.2) is 0 Å². The number of fused-ring (bicyclic) bond motifs is 3. The van der Waals surface area contributed by atoms with E-state index in [4.69, 9.17) is 5.73 Å². The zero-order chi connectivity index (χ0) is 25.5. The molecule has 1 heterocycles. The van der Waals surface area contributed by atoms with Gasteiger partial charge in [0, 0.05) is 33.0 Å². The molecule has 0 aliphatic heterocycles. The first-order chi connectivity index (χ1) is 18.8. The van der Waals surface area contributed by atoms with E-state index in [0.717, 1.165) is 49.9 Å². The summed E-state index contributed by atoms with van der Waals surface area (Å²) in [6, 6.07) is 48.9. The van der Waals surface area contributed by atoms with Crippen molar-refractivity contribution in [1.82, 2.24) is 4.98 Å². The number of aromatic nitrogens is 1. The van der Waals surface area contributed by atoms with E-state index in [1.807, 2.05) is 6.07 Å². The minimum Gasteiger partial charge on any atom is -0.397 e. The first kappa shape index (κ1) is 22.1. The van der Waals surface area contributed by atoms with Crippen molar-refractivity contribution < 1.29 is 0 Å². The van der Waals surface area contributed by atoms with Crippen LogP contribution in [0.4, 0.5) is 5.69 Å². The van der Waals surface area contributed by atoms with E-state index in [2.05, 4.69) is 138 Å². The number of H-pyrrole nitrogens is 1. The number of rotatable bonds is 4. The van der Waals surface area contributed by atoms with Gasteiger partial charge in [-0.15, -0.1) is 0 Å². The minimum absolute atomic E-state index is 0.764. The number of hydrogen-bond donors (Lipinski definition) is 2. The molecule has 0 unspecified atom stereocenters. The van der Waals surface area contributed by atoms with Crippen LogP contribution in [0, 0.1) is 0 Å². The van der Waals surface area contributed by atoms with Crippen molar-refractivity contribution in [3.8, 4) is 44.5 Å². The van der Waals surface area contributed by atoms with E-state index in [1.165, 1.54) is 22.1 Å². The molecule has 0 fully saturated rings. The molecule has 180 valence electrons. The van der Waals surface area contributed by atoms with Crippen LogP contribution in [-0.4, -0.2) is 4.98 Å². The quantitative estimate of drug-likeness (QED) is 0.239. The Labute approximate surface area is 222 Å². The normalized spacial score (nSPS) is 11.3. The second-order valence-electron chi connectivity index (χ2n) is 9.61. The van der Waals surface area contributed by atoms with E-state index in [9.17, 15) is 0 Å². The fourth-order valence-corrected chi connectivity index (χ4v) is 5.76. The molecule has 0 radical (unpaired) electrons. The second kappa shape index (κ2) is 9.10. The summed E-state index contributed by atoms with van der Waals surface area (Å²) >= 11 is 0. The Bertz CT molecular complexity index is 1890. The molecule has 38 heavy (non-hydrogen) atoms. The van der Waals surface area contributed by atoms with Crippen LogP contribution in [0.1, 0.15) is 0 Å². The molecule has 3 N–H and O–H groups in total. The summed E-state index contributed by atoms with van der Waals surface area (Å²) in [4.78, 5) is 3.73. The maximum atomic E-state index is 7.16. The molecule has 0 spiro atoms. The number of aromatic amines is 1. The highest BCUT2D eigenvalue weighted by atomic mass is 14.8. The Kier molecular flexibility index (Phi) is 5.30. The van der Waals surface area contributed by atoms with Gasteiger partial charge in [0.1, 0.15) is 0 Å². The summed E-state index contributed by atoms with van der Waals surface area (Å²) in [7, 11) is 0. The molecule has 7 rings (SSSR count). The minimum atomic E-state index is 0.764. The van der Waals surface area contributed by atoms with Crippen molar-refractivity contribution in [2.75, 3.05) is 5.73 Å². The van der Waals surface area contributed by atoms with Crippen LogP contribution in [0.25, 0.3) is 66.3 Å². The van der Waals surface area contributed by atoms with Gasteiger partial charge in [0.2, 0.25) is 0 Å². The Balaban J connectivity index is 1.75. The van der Waals surface area contributed by atoms with Crippen LogP contribution in [0.2, 0.25) is 0 Å². The Hall–Kier alpha value is -5.08. The lowest BCUT2D eigenvalue weighted by Gasteiger charge is -2.21. The first-order valence-corrected chi connectivity index (χ1v) is 12.9. The fraction of sp³-hybridized carbons (Fsp3) is 0. The second-order valence-corrected chi connectivity index (χ2v) is 9.61. The summed E-state index contributed by atoms with van der Waals surface area (Å²) in [6.45, 7) is 0. The Morgan fingerprint density at radius 2 is 0.868 bits per heavy atom. The summed E-state index contributed by atoms with van der Waals surface area (Å²) < 4.78 is 0. The summed E-state index contributed by atoms with van der Waals surface area (Å²) in [6.07, 6.45) is 0. The third-order valence-electron chi connectivity index (χ3n) is 7.38. The molecular formula is C36H26N2. The van der Waals surface area contributed by atoms with E-state index >= 15 is 0 Å². The maximum Gasteiger partial charge on any atom is 0.0711 e. The van der Waals surface area contributed by atoms with Gasteiger partial charge in [0.15, 0.2) is 0 Å². The van der Waals surface area contributed by atoms with Gasteiger partial charge in [-0.05, 0) is 33.9 Å². The van der Waals surface area contributed by atoms with Crippen LogP contribution in [0.15, 0.2) is 140 Å². The van der Waals surface area contributed by atoms with Crippen molar-refractivity contribution in [3.63, 3.8) is 0 Å². The average Bonchev–Trinajstić information content (AvgIpc) is 3.39. The van der Waals surface area contributed by atoms with E-state index in [0.29, 0.717) is 0 Å². The molecule has 7 aromatic rings. The molecule has 6 aromatic carbocycles. The Morgan fingerprint density at radius 1 is 0.395 bits per heavy atom. The maximum absolute atomic E-state index is 7.16. The third kappa shape index (κ3) is 3.50. The van der Waals surface area contributed by atoms with Crippen LogP contribution >= 0.6 is 0 Å². The smallest absolute Gasteiger partial charge is 0.0711 e. The molecule has 0 saturated heterocycles. The average molecular weight is 487 g/mol. The largest absolute Gasteiger partial charge is 0.397 e.